The predicted octanol–water partition coefficient (Wildman–Crippen LogP) is 4.61. The number of hydrogen-bond donors (Lipinski definition) is 2. The highest BCUT2D eigenvalue weighted by Crippen LogP contribution is 2.43. The maximum Gasteiger partial charge on any atom is 0.201 e. The number of nitrogens with one attached hydrogen (secondary N) is 2. The molecule has 2 aliphatic rings. The first-order chi connectivity index (χ1) is 15.5. The Morgan fingerprint density at radius 1 is 0.812 bits per heavy atom. The van der Waals surface area contributed by atoms with Crippen LogP contribution in [0.25, 0.3) is 5.57 Å². The molecular weight excluding hydrogens is 404 g/mol. The topological polar surface area (TPSA) is 24.1 Å². The van der Waals surface area contributed by atoms with E-state index >= 15 is 0 Å². The maximum absolute atomic E-state index is 4.27. The molecule has 1 saturated heterocycles. The zero-order chi connectivity index (χ0) is 22.2. The molecule has 0 radical (unpaired) electrons. The van der Waals surface area contributed by atoms with Crippen LogP contribution >= 0.6 is 0 Å². The molecule has 3 heteroatoms. The van der Waals surface area contributed by atoms with Gasteiger partial charge in [0.1, 0.15) is 0 Å². The second-order valence-corrected chi connectivity index (χ2v) is 13.9. The molecule has 1 aliphatic carbocycles. The molecule has 0 amide bonds. The van der Waals surface area contributed by atoms with E-state index in [2.05, 4.69) is 122 Å². The maximum atomic E-state index is 4.27. The number of benzene rings is 3. The van der Waals surface area contributed by atoms with Crippen molar-refractivity contribution >= 4 is 24.2 Å². The first-order valence-electron chi connectivity index (χ1n) is 11.9. The Kier molecular flexibility index (Phi) is 5.66. The third-order valence-corrected chi connectivity index (χ3v) is 11.9. The Morgan fingerprint density at radius 2 is 1.41 bits per heavy atom. The van der Waals surface area contributed by atoms with Crippen molar-refractivity contribution in [3.8, 4) is 0 Å². The van der Waals surface area contributed by atoms with E-state index in [1.54, 1.807) is 0 Å². The van der Waals surface area contributed by atoms with Gasteiger partial charge in [-0.25, -0.2) is 0 Å². The summed E-state index contributed by atoms with van der Waals surface area (Å²) in [6, 6.07) is 32.1. The molecule has 1 heterocycles. The second kappa shape index (κ2) is 8.47. The van der Waals surface area contributed by atoms with Gasteiger partial charge in [0, 0.05) is 17.1 Å². The molecular formula is C29H34N2Si. The van der Waals surface area contributed by atoms with Crippen LogP contribution in [0.5, 0.6) is 0 Å². The summed E-state index contributed by atoms with van der Waals surface area (Å²) >= 11 is 0. The van der Waals surface area contributed by atoms with Gasteiger partial charge in [0.25, 0.3) is 0 Å². The molecule has 0 bridgehead atoms. The molecule has 3 aromatic rings. The highest BCUT2D eigenvalue weighted by Gasteiger charge is 2.50. The summed E-state index contributed by atoms with van der Waals surface area (Å²) in [5.74, 6) is 0. The third-order valence-electron chi connectivity index (χ3n) is 6.89. The summed E-state index contributed by atoms with van der Waals surface area (Å²) in [6.07, 6.45) is 5.11. The molecule has 32 heavy (non-hydrogen) atoms. The Morgan fingerprint density at radius 3 is 1.97 bits per heavy atom. The standard InChI is InChI=1S/C29H34N2Si/c1-29(2,3)31-32(22-13-6-4-7-14-22,23-15-8-5-9-16-23)28-21-26(27-19-12-20-30-27)24-17-10-11-18-25(24)28/h4-11,13-18,21,27-28,30-31H,12,19-20H2,1-3H3. The van der Waals surface area contributed by atoms with Gasteiger partial charge in [-0.2, -0.15) is 0 Å². The van der Waals surface area contributed by atoms with Crippen LogP contribution in [-0.4, -0.2) is 26.4 Å². The summed E-state index contributed by atoms with van der Waals surface area (Å²) in [6.45, 7) is 8.05. The van der Waals surface area contributed by atoms with Crippen LogP contribution in [0.1, 0.15) is 50.3 Å². The summed E-state index contributed by atoms with van der Waals surface area (Å²) in [5.41, 5.74) is 4.74. The van der Waals surface area contributed by atoms with E-state index in [-0.39, 0.29) is 5.54 Å². The SMILES string of the molecule is CC(C)(C)N[Si](c1ccccc1)(c1ccccc1)C1C=C(C2CCCN2)c2ccccc21. The van der Waals surface area contributed by atoms with E-state index in [1.165, 1.54) is 39.9 Å². The highest BCUT2D eigenvalue weighted by atomic mass is 28.3. The van der Waals surface area contributed by atoms with Gasteiger partial charge < -0.3 is 10.3 Å². The van der Waals surface area contributed by atoms with E-state index in [0.717, 1.165) is 6.54 Å². The van der Waals surface area contributed by atoms with Crippen molar-refractivity contribution in [2.75, 3.05) is 6.54 Å². The van der Waals surface area contributed by atoms with Gasteiger partial charge in [0.05, 0.1) is 0 Å². The summed E-state index contributed by atoms with van der Waals surface area (Å²) in [4.78, 5) is 4.27. The van der Waals surface area contributed by atoms with Crippen molar-refractivity contribution in [1.82, 2.24) is 10.3 Å². The van der Waals surface area contributed by atoms with E-state index in [0.29, 0.717) is 11.6 Å². The van der Waals surface area contributed by atoms with E-state index < -0.39 is 8.24 Å². The molecule has 1 fully saturated rings. The Hall–Kier alpha value is -2.46. The molecule has 0 saturated carbocycles. The van der Waals surface area contributed by atoms with Crippen LogP contribution in [0.2, 0.25) is 0 Å². The Balaban J connectivity index is 1.79. The van der Waals surface area contributed by atoms with Gasteiger partial charge in [-0.15, -0.1) is 0 Å². The number of allylic oxidation sites excluding steroid dienone is 1. The largest absolute Gasteiger partial charge is 0.325 e. The molecule has 2 nitrogen and oxygen atoms in total. The fourth-order valence-corrected chi connectivity index (χ4v) is 11.0. The summed E-state index contributed by atoms with van der Waals surface area (Å²) < 4.78 is 0. The average molecular weight is 439 g/mol. The molecule has 2 unspecified atom stereocenters. The lowest BCUT2D eigenvalue weighted by atomic mass is 9.99. The zero-order valence-corrected chi connectivity index (χ0v) is 20.4. The highest BCUT2D eigenvalue weighted by molar-refractivity contribution is 7.02. The summed E-state index contributed by atoms with van der Waals surface area (Å²) in [5, 5.41) is 6.65. The van der Waals surface area contributed by atoms with Gasteiger partial charge >= 0.3 is 0 Å². The van der Waals surface area contributed by atoms with Crippen molar-refractivity contribution < 1.29 is 0 Å². The van der Waals surface area contributed by atoms with Crippen LogP contribution in [0.15, 0.2) is 91.0 Å². The van der Waals surface area contributed by atoms with Crippen molar-refractivity contribution in [1.29, 1.82) is 0 Å². The Bertz CT molecular complexity index is 1050. The van der Waals surface area contributed by atoms with E-state index in [1.807, 2.05) is 0 Å². The summed E-state index contributed by atoms with van der Waals surface area (Å²) in [7, 11) is -2.45. The van der Waals surface area contributed by atoms with Gasteiger partial charge in [-0.1, -0.05) is 91.0 Å². The van der Waals surface area contributed by atoms with Crippen LogP contribution < -0.4 is 20.7 Å². The van der Waals surface area contributed by atoms with Gasteiger partial charge in [-0.3, -0.25) is 0 Å². The number of fused-ring (bicyclic) bond motifs is 1. The molecule has 1 aliphatic heterocycles. The first-order valence-corrected chi connectivity index (χ1v) is 14.0. The van der Waals surface area contributed by atoms with Crippen molar-refractivity contribution in [3.63, 3.8) is 0 Å². The minimum absolute atomic E-state index is 0.0188. The lowest BCUT2D eigenvalue weighted by Gasteiger charge is -2.43. The predicted molar refractivity (Wildman–Crippen MR) is 139 cm³/mol. The smallest absolute Gasteiger partial charge is 0.201 e. The Labute approximate surface area is 193 Å². The fourth-order valence-electron chi connectivity index (χ4n) is 5.74. The van der Waals surface area contributed by atoms with Gasteiger partial charge in [0.15, 0.2) is 0 Å². The first kappa shape index (κ1) is 21.4. The van der Waals surface area contributed by atoms with Crippen molar-refractivity contribution in [2.45, 2.75) is 50.7 Å². The molecule has 2 atom stereocenters. The fraction of sp³-hybridized carbons (Fsp3) is 0.310. The molecule has 5 rings (SSSR count). The van der Waals surface area contributed by atoms with Crippen LogP contribution in [0.4, 0.5) is 0 Å². The van der Waals surface area contributed by atoms with Crippen molar-refractivity contribution in [2.24, 2.45) is 0 Å². The quantitative estimate of drug-likeness (QED) is 0.569. The minimum Gasteiger partial charge on any atom is -0.325 e. The molecule has 164 valence electrons. The van der Waals surface area contributed by atoms with Crippen LogP contribution in [-0.2, 0) is 0 Å². The van der Waals surface area contributed by atoms with Gasteiger partial charge in [-0.05, 0) is 67.2 Å². The lowest BCUT2D eigenvalue weighted by Crippen LogP contribution is -2.75. The van der Waals surface area contributed by atoms with E-state index in [9.17, 15) is 0 Å². The molecule has 0 spiro atoms. The molecule has 2 N–H and O–H groups in total. The van der Waals surface area contributed by atoms with Crippen LogP contribution in [0.3, 0.4) is 0 Å². The number of hydrogen-bond acceptors (Lipinski definition) is 2. The number of rotatable bonds is 5. The third kappa shape index (κ3) is 3.79. The molecule has 3 aromatic carbocycles. The molecule has 0 aromatic heterocycles. The monoisotopic (exact) mass is 438 g/mol. The lowest BCUT2D eigenvalue weighted by molar-refractivity contribution is 0.513. The normalized spacial score (nSPS) is 20.8. The van der Waals surface area contributed by atoms with Crippen LogP contribution in [0, 0.1) is 0 Å². The van der Waals surface area contributed by atoms with Crippen molar-refractivity contribution in [3.05, 3.63) is 102 Å². The average Bonchev–Trinajstić information content (AvgIpc) is 3.46. The van der Waals surface area contributed by atoms with Gasteiger partial charge in [0.2, 0.25) is 8.24 Å². The zero-order valence-electron chi connectivity index (χ0n) is 19.4. The van der Waals surface area contributed by atoms with E-state index in [4.69, 9.17) is 0 Å². The second-order valence-electron chi connectivity index (χ2n) is 10.3. The minimum atomic E-state index is -2.45.